The van der Waals surface area contributed by atoms with E-state index in [1.54, 1.807) is 31.3 Å². The predicted octanol–water partition coefficient (Wildman–Crippen LogP) is 4.90. The molecule has 0 saturated heterocycles. The molecular weight excluding hydrogens is 613 g/mol. The van der Waals surface area contributed by atoms with Gasteiger partial charge in [-0.3, -0.25) is 9.59 Å². The molecule has 0 aliphatic carbocycles. The second kappa shape index (κ2) is 14.1. The fourth-order valence-corrected chi connectivity index (χ4v) is 5.07. The zero-order valence-corrected chi connectivity index (χ0v) is 24.9. The molecule has 0 saturated carbocycles. The quantitative estimate of drug-likeness (QED) is 0.188. The molecule has 0 bridgehead atoms. The van der Waals surface area contributed by atoms with Crippen LogP contribution in [0.3, 0.4) is 0 Å². The Hall–Kier alpha value is -5.08. The summed E-state index contributed by atoms with van der Waals surface area (Å²) in [6.07, 6.45) is -4.71. The van der Waals surface area contributed by atoms with E-state index in [-0.39, 0.29) is 28.5 Å². The lowest BCUT2D eigenvalue weighted by atomic mass is 10.0. The van der Waals surface area contributed by atoms with E-state index in [1.165, 1.54) is 36.3 Å². The number of benzene rings is 4. The molecule has 4 rings (SSSR count). The molecule has 0 spiro atoms. The van der Waals surface area contributed by atoms with Crippen LogP contribution in [0, 0.1) is 0 Å². The standard InChI is InChI=1S/C31H29F3N4O6S/c1-38(24-11-13-25(43-2)14-12-24)30(40)28(19-21-7-4-3-5-8-21)35-29(39)22-9-6-10-23(20-22)36-37-45(41,42)27-17-15-26(16-18-27)44-31(32,33)34/h3-18,20,28,36-37H,19H2,1-2H3,(H,35,39)/t28-/m0/s1. The number of hydrogen-bond donors (Lipinski definition) is 3. The van der Waals surface area contributed by atoms with Crippen molar-refractivity contribution in [3.05, 3.63) is 114 Å². The van der Waals surface area contributed by atoms with Crippen LogP contribution in [-0.4, -0.2) is 46.8 Å². The molecule has 10 nitrogen and oxygen atoms in total. The van der Waals surface area contributed by atoms with Gasteiger partial charge in [0.05, 0.1) is 17.7 Å². The Bertz CT molecular complexity index is 1720. The maximum absolute atomic E-state index is 13.6. The molecule has 4 aromatic rings. The first-order valence-electron chi connectivity index (χ1n) is 13.3. The van der Waals surface area contributed by atoms with Crippen molar-refractivity contribution in [2.75, 3.05) is 24.5 Å². The number of hydrazine groups is 1. The van der Waals surface area contributed by atoms with Gasteiger partial charge < -0.3 is 25.1 Å². The second-order valence-corrected chi connectivity index (χ2v) is 11.3. The van der Waals surface area contributed by atoms with Gasteiger partial charge >= 0.3 is 6.36 Å². The van der Waals surface area contributed by atoms with Crippen molar-refractivity contribution in [3.8, 4) is 11.5 Å². The number of nitrogens with zero attached hydrogens (tertiary/aromatic N) is 1. The lowest BCUT2D eigenvalue weighted by Gasteiger charge is -2.25. The van der Waals surface area contributed by atoms with Crippen LogP contribution in [0.5, 0.6) is 11.5 Å². The van der Waals surface area contributed by atoms with Crippen LogP contribution in [0.25, 0.3) is 0 Å². The van der Waals surface area contributed by atoms with Gasteiger partial charge in [0.1, 0.15) is 17.5 Å². The summed E-state index contributed by atoms with van der Waals surface area (Å²) in [4.78, 5) is 30.2. The van der Waals surface area contributed by atoms with E-state index >= 15 is 0 Å². The van der Waals surface area contributed by atoms with Gasteiger partial charge in [-0.2, -0.15) is 0 Å². The van der Waals surface area contributed by atoms with E-state index in [0.29, 0.717) is 11.4 Å². The summed E-state index contributed by atoms with van der Waals surface area (Å²) in [6.45, 7) is 0. The first-order chi connectivity index (χ1) is 21.3. The molecule has 0 radical (unpaired) electrons. The summed E-state index contributed by atoms with van der Waals surface area (Å²) in [5.74, 6) is -0.907. The van der Waals surface area contributed by atoms with E-state index < -0.39 is 34.1 Å². The highest BCUT2D eigenvalue weighted by Gasteiger charge is 2.31. The Labute approximate surface area is 257 Å². The Kier molecular flexibility index (Phi) is 10.3. The minimum Gasteiger partial charge on any atom is -0.497 e. The average molecular weight is 643 g/mol. The molecule has 0 aliphatic rings. The van der Waals surface area contributed by atoms with Crippen molar-refractivity contribution in [1.82, 2.24) is 10.1 Å². The van der Waals surface area contributed by atoms with Gasteiger partial charge in [-0.05, 0) is 72.3 Å². The van der Waals surface area contributed by atoms with Crippen LogP contribution in [0.2, 0.25) is 0 Å². The third kappa shape index (κ3) is 9.20. The number of amides is 2. The van der Waals surface area contributed by atoms with Gasteiger partial charge in [0.2, 0.25) is 5.91 Å². The van der Waals surface area contributed by atoms with Crippen molar-refractivity contribution >= 4 is 33.2 Å². The second-order valence-electron chi connectivity index (χ2n) is 9.64. The van der Waals surface area contributed by atoms with Crippen LogP contribution in [0.1, 0.15) is 15.9 Å². The number of halogens is 3. The third-order valence-electron chi connectivity index (χ3n) is 6.50. The topological polar surface area (TPSA) is 126 Å². The highest BCUT2D eigenvalue weighted by atomic mass is 32.2. The summed E-state index contributed by atoms with van der Waals surface area (Å²) in [7, 11) is -1.08. The molecule has 0 unspecified atom stereocenters. The number of methoxy groups -OCH3 is 1. The monoisotopic (exact) mass is 642 g/mol. The van der Waals surface area contributed by atoms with Crippen molar-refractivity contribution in [3.63, 3.8) is 0 Å². The molecule has 0 heterocycles. The Morgan fingerprint density at radius 1 is 0.867 bits per heavy atom. The van der Waals surface area contributed by atoms with Crippen molar-refractivity contribution < 1.29 is 40.7 Å². The van der Waals surface area contributed by atoms with Gasteiger partial charge in [-0.1, -0.05) is 36.4 Å². The maximum atomic E-state index is 13.6. The number of carbonyl (C=O) groups is 2. The molecular formula is C31H29F3N4O6S. The number of carbonyl (C=O) groups excluding carboxylic acids is 2. The fourth-order valence-electron chi connectivity index (χ4n) is 4.20. The highest BCUT2D eigenvalue weighted by Crippen LogP contribution is 2.24. The summed E-state index contributed by atoms with van der Waals surface area (Å²) in [6, 6.07) is 24.6. The number of hydrogen-bond acceptors (Lipinski definition) is 7. The summed E-state index contributed by atoms with van der Waals surface area (Å²) < 4.78 is 71.5. The highest BCUT2D eigenvalue weighted by molar-refractivity contribution is 7.89. The van der Waals surface area contributed by atoms with Crippen LogP contribution in [0.4, 0.5) is 24.5 Å². The van der Waals surface area contributed by atoms with Crippen molar-refractivity contribution in [1.29, 1.82) is 0 Å². The number of rotatable bonds is 12. The molecule has 0 aromatic heterocycles. The van der Waals surface area contributed by atoms with Crippen molar-refractivity contribution in [2.24, 2.45) is 0 Å². The lowest BCUT2D eigenvalue weighted by molar-refractivity contribution is -0.274. The van der Waals surface area contributed by atoms with E-state index in [1.807, 2.05) is 30.3 Å². The minimum atomic E-state index is -4.92. The van der Waals surface area contributed by atoms with Crippen LogP contribution >= 0.6 is 0 Å². The molecule has 3 N–H and O–H groups in total. The van der Waals surface area contributed by atoms with E-state index in [9.17, 15) is 31.2 Å². The molecule has 236 valence electrons. The van der Waals surface area contributed by atoms with Crippen LogP contribution in [-0.2, 0) is 21.2 Å². The van der Waals surface area contributed by atoms with E-state index in [2.05, 4.69) is 20.3 Å². The molecule has 0 fully saturated rings. The molecule has 14 heteroatoms. The number of anilines is 2. The number of likely N-dealkylation sites (N-methyl/N-ethyl adjacent to an activating group) is 1. The van der Waals surface area contributed by atoms with Gasteiger partial charge in [-0.25, -0.2) is 8.42 Å². The fraction of sp³-hybridized carbons (Fsp3) is 0.161. The Morgan fingerprint density at radius 3 is 2.13 bits per heavy atom. The SMILES string of the molecule is COc1ccc(N(C)C(=O)[C@H](Cc2ccccc2)NC(=O)c2cccc(NNS(=O)(=O)c3ccc(OC(F)(F)F)cc3)c2)cc1. The summed E-state index contributed by atoms with van der Waals surface area (Å²) in [5, 5.41) is 2.79. The van der Waals surface area contributed by atoms with Crippen LogP contribution < -0.4 is 29.9 Å². The number of ether oxygens (including phenoxy) is 2. The molecule has 1 atom stereocenters. The van der Waals surface area contributed by atoms with Gasteiger partial charge in [0.25, 0.3) is 15.9 Å². The Balaban J connectivity index is 1.47. The van der Waals surface area contributed by atoms with Crippen LogP contribution in [0.15, 0.2) is 108 Å². The van der Waals surface area contributed by atoms with Gasteiger partial charge in [0, 0.05) is 24.7 Å². The summed E-state index contributed by atoms with van der Waals surface area (Å²) in [5.41, 5.74) is 4.21. The molecule has 45 heavy (non-hydrogen) atoms. The zero-order chi connectivity index (χ0) is 32.6. The van der Waals surface area contributed by atoms with E-state index in [4.69, 9.17) is 4.74 Å². The van der Waals surface area contributed by atoms with Crippen molar-refractivity contribution in [2.45, 2.75) is 23.7 Å². The number of sulfonamides is 1. The average Bonchev–Trinajstić information content (AvgIpc) is 3.03. The first-order valence-corrected chi connectivity index (χ1v) is 14.8. The van der Waals surface area contributed by atoms with Gasteiger partial charge in [-0.15, -0.1) is 18.0 Å². The molecule has 2 amide bonds. The minimum absolute atomic E-state index is 0.130. The largest absolute Gasteiger partial charge is 0.573 e. The summed E-state index contributed by atoms with van der Waals surface area (Å²) >= 11 is 0. The lowest BCUT2D eigenvalue weighted by Crippen LogP contribution is -2.48. The smallest absolute Gasteiger partial charge is 0.497 e. The Morgan fingerprint density at radius 2 is 1.51 bits per heavy atom. The third-order valence-corrected chi connectivity index (χ3v) is 7.76. The number of alkyl halides is 3. The molecule has 4 aromatic carbocycles. The predicted molar refractivity (Wildman–Crippen MR) is 161 cm³/mol. The normalized spacial score (nSPS) is 12.1. The zero-order valence-electron chi connectivity index (χ0n) is 24.0. The van der Waals surface area contributed by atoms with Gasteiger partial charge in [0.15, 0.2) is 0 Å². The molecule has 0 aliphatic heterocycles. The van der Waals surface area contributed by atoms with E-state index in [0.717, 1.165) is 29.8 Å². The number of nitrogens with one attached hydrogen (secondary N) is 3. The maximum Gasteiger partial charge on any atom is 0.573 e. The first kappa shape index (κ1) is 32.8.